The number of carbonyl (C=O) groups is 1. The van der Waals surface area contributed by atoms with Crippen molar-refractivity contribution in [2.24, 2.45) is 0 Å². The molecule has 0 bridgehead atoms. The lowest BCUT2D eigenvalue weighted by molar-refractivity contribution is -0.127. The Hall–Kier alpha value is -0.870. The third-order valence-corrected chi connectivity index (χ3v) is 3.21. The number of benzene rings is 1. The summed E-state index contributed by atoms with van der Waals surface area (Å²) in [6.45, 7) is 2.49. The normalized spacial score (nSPS) is 12.2. The van der Waals surface area contributed by atoms with Gasteiger partial charge in [0.1, 0.15) is 0 Å². The molecule has 1 unspecified atom stereocenters. The van der Waals surface area contributed by atoms with Crippen molar-refractivity contribution in [3.05, 3.63) is 34.3 Å². The largest absolute Gasteiger partial charge is 0.348 e. The molecular formula is C13H19BrN2O. The molecule has 4 heteroatoms. The van der Waals surface area contributed by atoms with Crippen LogP contribution in [0.3, 0.4) is 0 Å². The highest BCUT2D eigenvalue weighted by Gasteiger charge is 2.11. The first-order valence-corrected chi connectivity index (χ1v) is 6.53. The zero-order chi connectivity index (χ0) is 12.8. The van der Waals surface area contributed by atoms with Crippen LogP contribution in [0.1, 0.15) is 24.9 Å². The van der Waals surface area contributed by atoms with E-state index < -0.39 is 0 Å². The van der Waals surface area contributed by atoms with Gasteiger partial charge >= 0.3 is 0 Å². The third-order valence-electron chi connectivity index (χ3n) is 2.68. The summed E-state index contributed by atoms with van der Waals surface area (Å²) in [6.07, 6.45) is 0.961. The molecule has 0 aliphatic carbocycles. The first-order valence-electron chi connectivity index (χ1n) is 5.73. The smallest absolute Gasteiger partial charge is 0.236 e. The van der Waals surface area contributed by atoms with Crippen LogP contribution in [0.2, 0.25) is 0 Å². The van der Waals surface area contributed by atoms with Crippen LogP contribution in [0.4, 0.5) is 0 Å². The fourth-order valence-corrected chi connectivity index (χ4v) is 1.83. The number of hydrogen-bond donors (Lipinski definition) is 1. The molecule has 1 aromatic carbocycles. The molecule has 0 fully saturated rings. The van der Waals surface area contributed by atoms with Crippen molar-refractivity contribution in [3.8, 4) is 0 Å². The Bertz CT molecular complexity index is 362. The molecule has 1 amide bonds. The third kappa shape index (κ3) is 4.48. The van der Waals surface area contributed by atoms with Gasteiger partial charge in [-0.1, -0.05) is 35.0 Å². The standard InChI is InChI=1S/C13H19BrN2O/c1-4-12(15-9-13(17)16(2)3)10-5-7-11(14)8-6-10/h5-8,12,15H,4,9H2,1-3H3. The number of halogens is 1. The lowest BCUT2D eigenvalue weighted by Crippen LogP contribution is -2.34. The molecule has 0 heterocycles. The van der Waals surface area contributed by atoms with Gasteiger partial charge in [0.2, 0.25) is 5.91 Å². The molecule has 0 aromatic heterocycles. The summed E-state index contributed by atoms with van der Waals surface area (Å²) in [5.41, 5.74) is 1.21. The van der Waals surface area contributed by atoms with Crippen LogP contribution in [-0.4, -0.2) is 31.4 Å². The van der Waals surface area contributed by atoms with Gasteiger partial charge in [0.15, 0.2) is 0 Å². The molecule has 94 valence electrons. The van der Waals surface area contributed by atoms with E-state index in [4.69, 9.17) is 0 Å². The topological polar surface area (TPSA) is 32.3 Å². The predicted octanol–water partition coefficient (Wildman–Crippen LogP) is 2.58. The van der Waals surface area contributed by atoms with E-state index in [1.165, 1.54) is 5.56 Å². The Kier molecular flexibility index (Phi) is 5.65. The Morgan fingerprint density at radius 2 is 1.94 bits per heavy atom. The maximum Gasteiger partial charge on any atom is 0.236 e. The van der Waals surface area contributed by atoms with Crippen molar-refractivity contribution < 1.29 is 4.79 Å². The van der Waals surface area contributed by atoms with Gasteiger partial charge in [0.05, 0.1) is 6.54 Å². The van der Waals surface area contributed by atoms with E-state index in [-0.39, 0.29) is 11.9 Å². The summed E-state index contributed by atoms with van der Waals surface area (Å²) in [7, 11) is 3.54. The molecule has 1 rings (SSSR count). The van der Waals surface area contributed by atoms with E-state index in [2.05, 4.69) is 40.3 Å². The van der Waals surface area contributed by atoms with Gasteiger partial charge in [-0.3, -0.25) is 4.79 Å². The Morgan fingerprint density at radius 3 is 2.41 bits per heavy atom. The van der Waals surface area contributed by atoms with Gasteiger partial charge in [-0.05, 0) is 24.1 Å². The monoisotopic (exact) mass is 298 g/mol. The second-order valence-corrected chi connectivity index (χ2v) is 5.10. The molecule has 0 saturated heterocycles. The number of likely N-dealkylation sites (N-methyl/N-ethyl adjacent to an activating group) is 1. The number of hydrogen-bond acceptors (Lipinski definition) is 2. The Morgan fingerprint density at radius 1 is 1.35 bits per heavy atom. The molecule has 0 spiro atoms. The highest BCUT2D eigenvalue weighted by Crippen LogP contribution is 2.19. The summed E-state index contributed by atoms with van der Waals surface area (Å²) in [5.74, 6) is 0.0977. The fraction of sp³-hybridized carbons (Fsp3) is 0.462. The molecule has 0 radical (unpaired) electrons. The van der Waals surface area contributed by atoms with Crippen molar-refractivity contribution >= 4 is 21.8 Å². The number of amides is 1. The van der Waals surface area contributed by atoms with E-state index >= 15 is 0 Å². The minimum atomic E-state index is 0.0977. The highest BCUT2D eigenvalue weighted by molar-refractivity contribution is 9.10. The van der Waals surface area contributed by atoms with Gasteiger partial charge in [-0.15, -0.1) is 0 Å². The molecular weight excluding hydrogens is 280 g/mol. The van der Waals surface area contributed by atoms with Crippen molar-refractivity contribution in [3.63, 3.8) is 0 Å². The minimum Gasteiger partial charge on any atom is -0.348 e. The Labute approximate surface area is 111 Å². The van der Waals surface area contributed by atoms with E-state index in [1.807, 2.05) is 12.1 Å². The van der Waals surface area contributed by atoms with E-state index in [9.17, 15) is 4.79 Å². The lowest BCUT2D eigenvalue weighted by Gasteiger charge is -2.19. The maximum absolute atomic E-state index is 11.5. The molecule has 1 aromatic rings. The first kappa shape index (κ1) is 14.2. The summed E-state index contributed by atoms with van der Waals surface area (Å²) in [5, 5.41) is 3.28. The van der Waals surface area contributed by atoms with Crippen LogP contribution in [0.15, 0.2) is 28.7 Å². The molecule has 0 aliphatic rings. The van der Waals surface area contributed by atoms with Crippen molar-refractivity contribution in [1.29, 1.82) is 0 Å². The fourth-order valence-electron chi connectivity index (χ4n) is 1.56. The SMILES string of the molecule is CCC(NCC(=O)N(C)C)c1ccc(Br)cc1. The van der Waals surface area contributed by atoms with E-state index in [0.717, 1.165) is 10.9 Å². The number of nitrogens with zero attached hydrogens (tertiary/aromatic N) is 1. The zero-order valence-electron chi connectivity index (χ0n) is 10.5. The quantitative estimate of drug-likeness (QED) is 0.906. The van der Waals surface area contributed by atoms with Crippen LogP contribution in [0.25, 0.3) is 0 Å². The first-order chi connectivity index (χ1) is 8.04. The number of carbonyl (C=O) groups excluding carboxylic acids is 1. The molecule has 17 heavy (non-hydrogen) atoms. The molecule has 0 saturated carbocycles. The van der Waals surface area contributed by atoms with Crippen LogP contribution < -0.4 is 5.32 Å². The predicted molar refractivity (Wildman–Crippen MR) is 73.9 cm³/mol. The van der Waals surface area contributed by atoms with E-state index in [1.54, 1.807) is 19.0 Å². The van der Waals surface area contributed by atoms with Gasteiger partial charge < -0.3 is 10.2 Å². The minimum absolute atomic E-state index is 0.0977. The van der Waals surface area contributed by atoms with Crippen LogP contribution >= 0.6 is 15.9 Å². The summed E-state index contributed by atoms with van der Waals surface area (Å²) in [4.78, 5) is 13.1. The summed E-state index contributed by atoms with van der Waals surface area (Å²) >= 11 is 3.42. The van der Waals surface area contributed by atoms with Crippen molar-refractivity contribution in [2.75, 3.05) is 20.6 Å². The summed E-state index contributed by atoms with van der Waals surface area (Å²) < 4.78 is 1.07. The second kappa shape index (κ2) is 6.77. The van der Waals surface area contributed by atoms with Crippen LogP contribution in [0, 0.1) is 0 Å². The zero-order valence-corrected chi connectivity index (χ0v) is 12.1. The number of rotatable bonds is 5. The second-order valence-electron chi connectivity index (χ2n) is 4.18. The lowest BCUT2D eigenvalue weighted by atomic mass is 10.0. The molecule has 1 N–H and O–H groups in total. The molecule has 0 aliphatic heterocycles. The molecule has 1 atom stereocenters. The van der Waals surface area contributed by atoms with Gasteiger partial charge in [-0.25, -0.2) is 0 Å². The average Bonchev–Trinajstić information content (AvgIpc) is 2.31. The summed E-state index contributed by atoms with van der Waals surface area (Å²) in [6, 6.07) is 8.42. The Balaban J connectivity index is 2.60. The maximum atomic E-state index is 11.5. The van der Waals surface area contributed by atoms with Crippen molar-refractivity contribution in [1.82, 2.24) is 10.2 Å². The van der Waals surface area contributed by atoms with Crippen molar-refractivity contribution in [2.45, 2.75) is 19.4 Å². The van der Waals surface area contributed by atoms with E-state index in [0.29, 0.717) is 6.54 Å². The number of nitrogens with one attached hydrogen (secondary N) is 1. The molecule has 3 nitrogen and oxygen atoms in total. The van der Waals surface area contributed by atoms with Gasteiger partial charge in [0, 0.05) is 24.6 Å². The van der Waals surface area contributed by atoms with Gasteiger partial charge in [-0.2, -0.15) is 0 Å². The van der Waals surface area contributed by atoms with Crippen LogP contribution in [0.5, 0.6) is 0 Å². The average molecular weight is 299 g/mol. The van der Waals surface area contributed by atoms with Crippen LogP contribution in [-0.2, 0) is 4.79 Å². The highest BCUT2D eigenvalue weighted by atomic mass is 79.9. The van der Waals surface area contributed by atoms with Gasteiger partial charge in [0.25, 0.3) is 0 Å².